The van der Waals surface area contributed by atoms with Crippen LogP contribution in [0, 0.1) is 13.8 Å². The van der Waals surface area contributed by atoms with E-state index >= 15 is 0 Å². The van der Waals surface area contributed by atoms with Gasteiger partial charge in [0.05, 0.1) is 18.6 Å². The van der Waals surface area contributed by atoms with Crippen molar-refractivity contribution >= 4 is 29.3 Å². The Balaban J connectivity index is 1.48. The fourth-order valence-corrected chi connectivity index (χ4v) is 4.61. The largest absolute Gasteiger partial charge is 0.467 e. The number of furan rings is 1. The molecule has 1 aliphatic heterocycles. The summed E-state index contributed by atoms with van der Waals surface area (Å²) in [6, 6.07) is 17.1. The molecule has 0 bridgehead atoms. The van der Waals surface area contributed by atoms with E-state index in [1.165, 1.54) is 0 Å². The van der Waals surface area contributed by atoms with Crippen molar-refractivity contribution in [3.05, 3.63) is 88.9 Å². The highest BCUT2D eigenvalue weighted by Gasteiger charge is 2.33. The first kappa shape index (κ1) is 19.3. The Bertz CT molecular complexity index is 1030. The number of benzene rings is 2. The number of anilines is 1. The molecule has 1 aromatic heterocycles. The number of nitrogens with one attached hydrogen (secondary N) is 1. The van der Waals surface area contributed by atoms with Gasteiger partial charge in [-0.15, -0.1) is 11.8 Å². The van der Waals surface area contributed by atoms with Gasteiger partial charge in [-0.25, -0.2) is 0 Å². The van der Waals surface area contributed by atoms with Crippen LogP contribution in [0.3, 0.4) is 0 Å². The molecule has 1 atom stereocenters. The Hall–Kier alpha value is -2.99. The molecule has 0 spiro atoms. The third-order valence-corrected chi connectivity index (χ3v) is 6.22. The van der Waals surface area contributed by atoms with Crippen LogP contribution in [0.25, 0.3) is 0 Å². The standard InChI is InChI=1S/C23H22N2O3S/c1-15-5-10-20(16(2)12-15)24-22(27)17-6-8-18(9-7-17)23-25(21(26)14-29-23)13-19-4-3-11-28-19/h3-12,23H,13-14H2,1-2H3,(H,24,27). The third kappa shape index (κ3) is 4.22. The lowest BCUT2D eigenvalue weighted by Crippen LogP contribution is -2.27. The van der Waals surface area contributed by atoms with Crippen molar-refractivity contribution in [2.24, 2.45) is 0 Å². The number of nitrogens with zero attached hydrogens (tertiary/aromatic N) is 1. The molecular formula is C23H22N2O3S. The van der Waals surface area contributed by atoms with Crippen LogP contribution in [0.15, 0.2) is 65.3 Å². The molecule has 5 nitrogen and oxygen atoms in total. The Labute approximate surface area is 174 Å². The van der Waals surface area contributed by atoms with Crippen LogP contribution < -0.4 is 5.32 Å². The van der Waals surface area contributed by atoms with E-state index in [9.17, 15) is 9.59 Å². The van der Waals surface area contributed by atoms with E-state index in [4.69, 9.17) is 4.42 Å². The third-order valence-electron chi connectivity index (χ3n) is 4.96. The van der Waals surface area contributed by atoms with Crippen molar-refractivity contribution in [3.63, 3.8) is 0 Å². The minimum atomic E-state index is -0.147. The highest BCUT2D eigenvalue weighted by atomic mass is 32.2. The molecule has 148 valence electrons. The second-order valence-corrected chi connectivity index (χ2v) is 8.23. The smallest absolute Gasteiger partial charge is 0.255 e. The van der Waals surface area contributed by atoms with Gasteiger partial charge >= 0.3 is 0 Å². The van der Waals surface area contributed by atoms with Crippen molar-refractivity contribution < 1.29 is 14.0 Å². The Morgan fingerprint density at radius 1 is 1.17 bits per heavy atom. The van der Waals surface area contributed by atoms with E-state index in [0.717, 1.165) is 28.1 Å². The molecule has 6 heteroatoms. The van der Waals surface area contributed by atoms with Gasteiger partial charge in [-0.2, -0.15) is 0 Å². The predicted molar refractivity (Wildman–Crippen MR) is 115 cm³/mol. The van der Waals surface area contributed by atoms with Crippen LogP contribution in [0.5, 0.6) is 0 Å². The van der Waals surface area contributed by atoms with Crippen LogP contribution in [-0.4, -0.2) is 22.5 Å². The van der Waals surface area contributed by atoms with E-state index in [0.29, 0.717) is 17.9 Å². The van der Waals surface area contributed by atoms with Gasteiger partial charge in [0.2, 0.25) is 5.91 Å². The molecule has 3 aromatic rings. The van der Waals surface area contributed by atoms with Gasteiger partial charge in [-0.1, -0.05) is 29.8 Å². The predicted octanol–water partition coefficient (Wildman–Crippen LogP) is 4.92. The molecule has 1 saturated heterocycles. The molecule has 0 radical (unpaired) electrons. The van der Waals surface area contributed by atoms with E-state index in [1.54, 1.807) is 18.0 Å². The van der Waals surface area contributed by atoms with Crippen molar-refractivity contribution in [1.29, 1.82) is 0 Å². The van der Waals surface area contributed by atoms with Gasteiger partial charge < -0.3 is 14.6 Å². The van der Waals surface area contributed by atoms with Gasteiger partial charge in [-0.3, -0.25) is 9.59 Å². The van der Waals surface area contributed by atoms with Crippen LogP contribution in [0.1, 0.15) is 38.2 Å². The highest BCUT2D eigenvalue weighted by molar-refractivity contribution is 8.00. The van der Waals surface area contributed by atoms with Gasteiger partial charge in [0, 0.05) is 11.3 Å². The number of carbonyl (C=O) groups excluding carboxylic acids is 2. The normalized spacial score (nSPS) is 16.3. The molecule has 0 aliphatic carbocycles. The molecule has 1 fully saturated rings. The lowest BCUT2D eigenvalue weighted by molar-refractivity contribution is -0.128. The first-order chi connectivity index (χ1) is 14.0. The Morgan fingerprint density at radius 2 is 1.97 bits per heavy atom. The zero-order valence-electron chi connectivity index (χ0n) is 16.3. The van der Waals surface area contributed by atoms with Crippen molar-refractivity contribution in [2.45, 2.75) is 25.8 Å². The summed E-state index contributed by atoms with van der Waals surface area (Å²) in [4.78, 5) is 26.8. The number of thioether (sulfide) groups is 1. The van der Waals surface area contributed by atoms with Crippen LogP contribution in [-0.2, 0) is 11.3 Å². The van der Waals surface area contributed by atoms with Crippen molar-refractivity contribution in [3.8, 4) is 0 Å². The molecule has 0 saturated carbocycles. The van der Waals surface area contributed by atoms with E-state index in [1.807, 2.05) is 73.3 Å². The second kappa shape index (κ2) is 8.17. The summed E-state index contributed by atoms with van der Waals surface area (Å²) < 4.78 is 5.40. The number of rotatable bonds is 5. The molecule has 29 heavy (non-hydrogen) atoms. The molecule has 2 amide bonds. The summed E-state index contributed by atoms with van der Waals surface area (Å²) in [5, 5.41) is 2.89. The second-order valence-electron chi connectivity index (χ2n) is 7.16. The van der Waals surface area contributed by atoms with Gasteiger partial charge in [0.1, 0.15) is 11.1 Å². The molecule has 4 rings (SSSR count). The molecular weight excluding hydrogens is 384 g/mol. The lowest BCUT2D eigenvalue weighted by atomic mass is 10.1. The summed E-state index contributed by atoms with van der Waals surface area (Å²) >= 11 is 1.59. The van der Waals surface area contributed by atoms with Gasteiger partial charge in [0.25, 0.3) is 5.91 Å². The maximum Gasteiger partial charge on any atom is 0.255 e. The van der Waals surface area contributed by atoms with Crippen molar-refractivity contribution in [2.75, 3.05) is 11.1 Å². The first-order valence-corrected chi connectivity index (χ1v) is 10.5. The fourth-order valence-electron chi connectivity index (χ4n) is 3.42. The van der Waals surface area contributed by atoms with E-state index in [-0.39, 0.29) is 17.2 Å². The minimum absolute atomic E-state index is 0.0796. The number of carbonyl (C=O) groups is 2. The molecule has 1 N–H and O–H groups in total. The van der Waals surface area contributed by atoms with E-state index < -0.39 is 0 Å². The summed E-state index contributed by atoms with van der Waals surface area (Å²) in [5.74, 6) is 1.15. The summed E-state index contributed by atoms with van der Waals surface area (Å²) in [6.07, 6.45) is 1.61. The summed E-state index contributed by atoms with van der Waals surface area (Å²) in [5.41, 5.74) is 4.58. The van der Waals surface area contributed by atoms with Crippen LogP contribution >= 0.6 is 11.8 Å². The quantitative estimate of drug-likeness (QED) is 0.653. The average Bonchev–Trinajstić information content (AvgIpc) is 3.35. The maximum absolute atomic E-state index is 12.6. The molecule has 1 unspecified atom stereocenters. The lowest BCUT2D eigenvalue weighted by Gasteiger charge is -2.23. The molecule has 2 aromatic carbocycles. The number of aryl methyl sites for hydroxylation is 2. The number of hydrogen-bond acceptors (Lipinski definition) is 4. The molecule has 2 heterocycles. The van der Waals surface area contributed by atoms with Gasteiger partial charge in [0.15, 0.2) is 0 Å². The Kier molecular flexibility index (Phi) is 5.45. The number of hydrogen-bond donors (Lipinski definition) is 1. The zero-order valence-corrected chi connectivity index (χ0v) is 17.2. The van der Waals surface area contributed by atoms with E-state index in [2.05, 4.69) is 5.32 Å². The fraction of sp³-hybridized carbons (Fsp3) is 0.217. The average molecular weight is 407 g/mol. The zero-order chi connectivity index (χ0) is 20.4. The SMILES string of the molecule is Cc1ccc(NC(=O)c2ccc(C3SCC(=O)N3Cc3ccco3)cc2)c(C)c1. The molecule has 1 aliphatic rings. The van der Waals surface area contributed by atoms with Crippen LogP contribution in [0.2, 0.25) is 0 Å². The minimum Gasteiger partial charge on any atom is -0.467 e. The first-order valence-electron chi connectivity index (χ1n) is 9.43. The van der Waals surface area contributed by atoms with Crippen molar-refractivity contribution in [1.82, 2.24) is 4.90 Å². The van der Waals surface area contributed by atoms with Gasteiger partial charge in [-0.05, 0) is 55.3 Å². The van der Waals surface area contributed by atoms with Crippen LogP contribution in [0.4, 0.5) is 5.69 Å². The topological polar surface area (TPSA) is 62.6 Å². The number of amides is 2. The highest BCUT2D eigenvalue weighted by Crippen LogP contribution is 2.39. The Morgan fingerprint density at radius 3 is 2.66 bits per heavy atom. The summed E-state index contributed by atoms with van der Waals surface area (Å²) in [7, 11) is 0. The summed E-state index contributed by atoms with van der Waals surface area (Å²) in [6.45, 7) is 4.45. The monoisotopic (exact) mass is 406 g/mol. The maximum atomic E-state index is 12.6.